The van der Waals surface area contributed by atoms with Crippen LogP contribution in [0.25, 0.3) is 0 Å². The number of nitrogens with two attached hydrogens (primary N) is 1. The highest BCUT2D eigenvalue weighted by Gasteiger charge is 2.35. The molecule has 2 rings (SSSR count). The van der Waals surface area contributed by atoms with Gasteiger partial charge in [-0.25, -0.2) is 0 Å². The van der Waals surface area contributed by atoms with Crippen LogP contribution < -0.4 is 5.73 Å². The van der Waals surface area contributed by atoms with Crippen molar-refractivity contribution in [1.82, 2.24) is 4.90 Å². The Balaban J connectivity index is 2.15. The van der Waals surface area contributed by atoms with Crippen LogP contribution >= 0.6 is 15.9 Å². The standard InChI is InChI=1S/C16H23BrN2O/c1-16(18,12-8-10-13(17)11-9-12)15(20)19(2)14-6-4-3-5-7-14/h8-11,14H,3-7,18H2,1-2H3. The molecule has 1 atom stereocenters. The summed E-state index contributed by atoms with van der Waals surface area (Å²) in [6, 6.07) is 8.02. The van der Waals surface area contributed by atoms with Crippen LogP contribution in [0, 0.1) is 0 Å². The van der Waals surface area contributed by atoms with E-state index in [0.29, 0.717) is 6.04 Å². The fraction of sp³-hybridized carbons (Fsp3) is 0.562. The average Bonchev–Trinajstić information content (AvgIpc) is 2.47. The number of nitrogens with zero attached hydrogens (tertiary/aromatic N) is 1. The van der Waals surface area contributed by atoms with Crippen molar-refractivity contribution < 1.29 is 4.79 Å². The normalized spacial score (nSPS) is 19.4. The molecule has 1 aliphatic rings. The van der Waals surface area contributed by atoms with Crippen LogP contribution in [-0.4, -0.2) is 23.9 Å². The van der Waals surface area contributed by atoms with Gasteiger partial charge in [-0.1, -0.05) is 47.3 Å². The van der Waals surface area contributed by atoms with E-state index < -0.39 is 5.54 Å². The predicted octanol–water partition coefficient (Wildman–Crippen LogP) is 3.41. The molecule has 0 aromatic heterocycles. The number of benzene rings is 1. The summed E-state index contributed by atoms with van der Waals surface area (Å²) in [5.74, 6) is 0.00622. The fourth-order valence-electron chi connectivity index (χ4n) is 2.92. The molecule has 0 bridgehead atoms. The lowest BCUT2D eigenvalue weighted by molar-refractivity contribution is -0.138. The highest BCUT2D eigenvalue weighted by atomic mass is 79.9. The Labute approximate surface area is 129 Å². The van der Waals surface area contributed by atoms with E-state index in [-0.39, 0.29) is 5.91 Å². The van der Waals surface area contributed by atoms with E-state index >= 15 is 0 Å². The maximum atomic E-state index is 12.7. The first-order chi connectivity index (χ1) is 9.43. The molecular formula is C16H23BrN2O. The van der Waals surface area contributed by atoms with Gasteiger partial charge in [0.15, 0.2) is 0 Å². The summed E-state index contributed by atoms with van der Waals surface area (Å²) in [4.78, 5) is 14.6. The van der Waals surface area contributed by atoms with Crippen molar-refractivity contribution in [1.29, 1.82) is 0 Å². The fourth-order valence-corrected chi connectivity index (χ4v) is 3.18. The van der Waals surface area contributed by atoms with Gasteiger partial charge >= 0.3 is 0 Å². The van der Waals surface area contributed by atoms with E-state index in [0.717, 1.165) is 22.9 Å². The number of hydrogen-bond acceptors (Lipinski definition) is 2. The van der Waals surface area contributed by atoms with Gasteiger partial charge in [0.05, 0.1) is 0 Å². The molecule has 1 fully saturated rings. The lowest BCUT2D eigenvalue weighted by Gasteiger charge is -2.36. The second-order valence-electron chi connectivity index (χ2n) is 5.92. The van der Waals surface area contributed by atoms with E-state index in [1.54, 1.807) is 6.92 Å². The topological polar surface area (TPSA) is 46.3 Å². The molecule has 0 heterocycles. The molecule has 1 unspecified atom stereocenters. The van der Waals surface area contributed by atoms with Crippen LogP contribution in [0.1, 0.15) is 44.6 Å². The van der Waals surface area contributed by atoms with E-state index in [2.05, 4.69) is 15.9 Å². The quantitative estimate of drug-likeness (QED) is 0.917. The molecule has 1 aliphatic carbocycles. The number of likely N-dealkylation sites (N-methyl/N-ethyl adjacent to an activating group) is 1. The molecule has 4 heteroatoms. The van der Waals surface area contributed by atoms with Crippen LogP contribution in [-0.2, 0) is 10.3 Å². The minimum absolute atomic E-state index is 0.00622. The third-order valence-corrected chi connectivity index (χ3v) is 4.86. The molecule has 1 aromatic carbocycles. The molecular weight excluding hydrogens is 316 g/mol. The van der Waals surface area contributed by atoms with Gasteiger partial charge in [0.25, 0.3) is 0 Å². The molecule has 1 saturated carbocycles. The van der Waals surface area contributed by atoms with Crippen LogP contribution in [0.4, 0.5) is 0 Å². The minimum atomic E-state index is -0.965. The number of amides is 1. The highest BCUT2D eigenvalue weighted by molar-refractivity contribution is 9.10. The first-order valence-corrected chi connectivity index (χ1v) is 8.04. The summed E-state index contributed by atoms with van der Waals surface area (Å²) in [5.41, 5.74) is 6.22. The van der Waals surface area contributed by atoms with Gasteiger partial charge in [-0.15, -0.1) is 0 Å². The summed E-state index contributed by atoms with van der Waals surface area (Å²) in [5, 5.41) is 0. The minimum Gasteiger partial charge on any atom is -0.341 e. The van der Waals surface area contributed by atoms with Gasteiger partial charge < -0.3 is 10.6 Å². The molecule has 0 spiro atoms. The lowest BCUT2D eigenvalue weighted by atomic mass is 9.89. The Morgan fingerprint density at radius 1 is 1.25 bits per heavy atom. The first kappa shape index (κ1) is 15.5. The largest absolute Gasteiger partial charge is 0.341 e. The molecule has 20 heavy (non-hydrogen) atoms. The van der Waals surface area contributed by atoms with Gasteiger partial charge in [0.2, 0.25) is 5.91 Å². The van der Waals surface area contributed by atoms with Crippen molar-refractivity contribution >= 4 is 21.8 Å². The summed E-state index contributed by atoms with van der Waals surface area (Å²) >= 11 is 3.40. The Morgan fingerprint density at radius 2 is 1.80 bits per heavy atom. The second kappa shape index (κ2) is 6.27. The molecule has 0 saturated heterocycles. The van der Waals surface area contributed by atoms with Gasteiger partial charge in [0, 0.05) is 17.6 Å². The zero-order valence-electron chi connectivity index (χ0n) is 12.2. The zero-order valence-corrected chi connectivity index (χ0v) is 13.8. The van der Waals surface area contributed by atoms with Crippen LogP contribution in [0.15, 0.2) is 28.7 Å². The highest BCUT2D eigenvalue weighted by Crippen LogP contribution is 2.27. The van der Waals surface area contributed by atoms with Crippen LogP contribution in [0.2, 0.25) is 0 Å². The zero-order chi connectivity index (χ0) is 14.8. The molecule has 1 amide bonds. The lowest BCUT2D eigenvalue weighted by Crippen LogP contribution is -2.52. The Morgan fingerprint density at radius 3 is 2.35 bits per heavy atom. The van der Waals surface area contributed by atoms with Crippen molar-refractivity contribution in [2.45, 2.75) is 50.6 Å². The second-order valence-corrected chi connectivity index (χ2v) is 6.83. The summed E-state index contributed by atoms with van der Waals surface area (Å²) in [6.45, 7) is 1.80. The summed E-state index contributed by atoms with van der Waals surface area (Å²) in [6.07, 6.45) is 5.90. The molecule has 110 valence electrons. The van der Waals surface area contributed by atoms with E-state index in [1.807, 2.05) is 36.2 Å². The van der Waals surface area contributed by atoms with Gasteiger partial charge in [0.1, 0.15) is 5.54 Å². The molecule has 1 aromatic rings. The van der Waals surface area contributed by atoms with E-state index in [1.165, 1.54) is 19.3 Å². The van der Waals surface area contributed by atoms with E-state index in [9.17, 15) is 4.79 Å². The maximum Gasteiger partial charge on any atom is 0.246 e. The SMILES string of the molecule is CN(C(=O)C(C)(N)c1ccc(Br)cc1)C1CCCCC1. The van der Waals surface area contributed by atoms with Crippen LogP contribution in [0.5, 0.6) is 0 Å². The number of carbonyl (C=O) groups excluding carboxylic acids is 1. The number of halogens is 1. The summed E-state index contributed by atoms with van der Waals surface area (Å²) < 4.78 is 0.991. The van der Waals surface area contributed by atoms with Crippen molar-refractivity contribution in [3.05, 3.63) is 34.3 Å². The Kier molecular flexibility index (Phi) is 4.86. The number of rotatable bonds is 3. The first-order valence-electron chi connectivity index (χ1n) is 7.25. The molecule has 0 aliphatic heterocycles. The monoisotopic (exact) mass is 338 g/mol. The number of carbonyl (C=O) groups is 1. The van der Waals surface area contributed by atoms with Gasteiger partial charge in [-0.3, -0.25) is 4.79 Å². The smallest absolute Gasteiger partial charge is 0.246 e. The Hall–Kier alpha value is -0.870. The number of hydrogen-bond donors (Lipinski definition) is 1. The van der Waals surface area contributed by atoms with E-state index in [4.69, 9.17) is 5.73 Å². The Bertz CT molecular complexity index is 464. The average molecular weight is 339 g/mol. The molecule has 3 nitrogen and oxygen atoms in total. The van der Waals surface area contributed by atoms with Crippen molar-refractivity contribution in [2.75, 3.05) is 7.05 Å². The van der Waals surface area contributed by atoms with Crippen molar-refractivity contribution in [2.24, 2.45) is 5.73 Å². The summed E-state index contributed by atoms with van der Waals surface area (Å²) in [7, 11) is 1.89. The predicted molar refractivity (Wildman–Crippen MR) is 85.3 cm³/mol. The maximum absolute atomic E-state index is 12.7. The van der Waals surface area contributed by atoms with Crippen molar-refractivity contribution in [3.63, 3.8) is 0 Å². The van der Waals surface area contributed by atoms with Crippen LogP contribution in [0.3, 0.4) is 0 Å². The van der Waals surface area contributed by atoms with Gasteiger partial charge in [-0.05, 0) is 37.5 Å². The van der Waals surface area contributed by atoms with Crippen molar-refractivity contribution in [3.8, 4) is 0 Å². The van der Waals surface area contributed by atoms with Gasteiger partial charge in [-0.2, -0.15) is 0 Å². The third-order valence-electron chi connectivity index (χ3n) is 4.33. The third kappa shape index (κ3) is 3.23. The molecule has 0 radical (unpaired) electrons. The molecule has 2 N–H and O–H groups in total.